The average molecular weight is 220 g/mol. The molecule has 0 aliphatic carbocycles. The number of thioether (sulfide) groups is 1. The van der Waals surface area contributed by atoms with Gasteiger partial charge in [0.1, 0.15) is 0 Å². The van der Waals surface area contributed by atoms with Crippen LogP contribution in [-0.4, -0.2) is 48.8 Å². The minimum absolute atomic E-state index is 0.0373. The second-order valence-electron chi connectivity index (χ2n) is 2.99. The van der Waals surface area contributed by atoms with Crippen molar-refractivity contribution in [3.63, 3.8) is 0 Å². The number of likely N-dealkylation sites (N-methyl/N-ethyl adjacent to an activating group) is 1. The topological polar surface area (TPSA) is 61.4 Å². The van der Waals surface area contributed by atoms with Crippen molar-refractivity contribution in [1.82, 2.24) is 10.6 Å². The summed E-state index contributed by atoms with van der Waals surface area (Å²) in [6.45, 7) is 2.77. The molecule has 3 N–H and O–H groups in total. The van der Waals surface area contributed by atoms with Gasteiger partial charge in [0.15, 0.2) is 0 Å². The predicted octanol–water partition coefficient (Wildman–Crippen LogP) is -0.174. The summed E-state index contributed by atoms with van der Waals surface area (Å²) in [5, 5.41) is 14.2. The van der Waals surface area contributed by atoms with Gasteiger partial charge in [-0.05, 0) is 26.1 Å². The van der Waals surface area contributed by atoms with Crippen molar-refractivity contribution in [2.45, 2.75) is 19.4 Å². The van der Waals surface area contributed by atoms with Crippen LogP contribution in [0.1, 0.15) is 13.3 Å². The molecule has 0 spiro atoms. The molecule has 1 unspecified atom stereocenters. The third-order valence-electron chi connectivity index (χ3n) is 1.82. The first-order chi connectivity index (χ1) is 6.72. The number of carbonyl (C=O) groups is 1. The molecule has 0 radical (unpaired) electrons. The molecule has 1 atom stereocenters. The van der Waals surface area contributed by atoms with Crippen LogP contribution in [0.2, 0.25) is 0 Å². The summed E-state index contributed by atoms with van der Waals surface area (Å²) in [5.74, 6) is 1.89. The van der Waals surface area contributed by atoms with Crippen LogP contribution < -0.4 is 10.6 Å². The van der Waals surface area contributed by atoms with Gasteiger partial charge in [-0.3, -0.25) is 4.79 Å². The molecule has 84 valence electrons. The Hall–Kier alpha value is -0.260. The summed E-state index contributed by atoms with van der Waals surface area (Å²) in [5.41, 5.74) is 0. The average Bonchev–Trinajstić information content (AvgIpc) is 2.21. The quantitative estimate of drug-likeness (QED) is 0.497. The Morgan fingerprint density at radius 3 is 2.79 bits per heavy atom. The standard InChI is InChI=1S/C9H20N2O2S/c1-8(10-2)9(13)11-4-7-14-6-3-5-12/h8,10,12H,3-7H2,1-2H3,(H,11,13). The SMILES string of the molecule is CNC(C)C(=O)NCCSCCCO. The van der Waals surface area contributed by atoms with Gasteiger partial charge in [0, 0.05) is 18.9 Å². The molecule has 0 heterocycles. The fourth-order valence-electron chi connectivity index (χ4n) is 0.799. The zero-order valence-corrected chi connectivity index (χ0v) is 9.69. The Bertz CT molecular complexity index is 156. The van der Waals surface area contributed by atoms with E-state index in [1.807, 2.05) is 6.92 Å². The van der Waals surface area contributed by atoms with E-state index >= 15 is 0 Å². The Balaban J connectivity index is 3.23. The van der Waals surface area contributed by atoms with Gasteiger partial charge < -0.3 is 15.7 Å². The maximum absolute atomic E-state index is 11.2. The smallest absolute Gasteiger partial charge is 0.236 e. The molecule has 0 saturated carbocycles. The summed E-state index contributed by atoms with van der Waals surface area (Å²) in [6.07, 6.45) is 0.825. The van der Waals surface area contributed by atoms with Crippen molar-refractivity contribution in [3.8, 4) is 0 Å². The first-order valence-electron chi connectivity index (χ1n) is 4.86. The van der Waals surface area contributed by atoms with E-state index in [1.54, 1.807) is 18.8 Å². The van der Waals surface area contributed by atoms with Gasteiger partial charge in [-0.25, -0.2) is 0 Å². The molecule has 5 heteroatoms. The molecule has 0 aromatic carbocycles. The largest absolute Gasteiger partial charge is 0.396 e. The van der Waals surface area contributed by atoms with E-state index in [0.717, 1.165) is 17.9 Å². The van der Waals surface area contributed by atoms with Crippen LogP contribution in [0.5, 0.6) is 0 Å². The highest BCUT2D eigenvalue weighted by molar-refractivity contribution is 7.99. The molecular formula is C9H20N2O2S. The highest BCUT2D eigenvalue weighted by atomic mass is 32.2. The normalized spacial score (nSPS) is 12.5. The minimum Gasteiger partial charge on any atom is -0.396 e. The van der Waals surface area contributed by atoms with E-state index in [1.165, 1.54) is 0 Å². The van der Waals surface area contributed by atoms with Gasteiger partial charge in [0.05, 0.1) is 6.04 Å². The fraction of sp³-hybridized carbons (Fsp3) is 0.889. The third kappa shape index (κ3) is 7.17. The summed E-state index contributed by atoms with van der Waals surface area (Å²) in [7, 11) is 1.76. The molecular weight excluding hydrogens is 200 g/mol. The van der Waals surface area contributed by atoms with Crippen molar-refractivity contribution in [2.24, 2.45) is 0 Å². The number of aliphatic hydroxyl groups excluding tert-OH is 1. The number of aliphatic hydroxyl groups is 1. The lowest BCUT2D eigenvalue weighted by molar-refractivity contribution is -0.122. The molecule has 0 fully saturated rings. The highest BCUT2D eigenvalue weighted by Crippen LogP contribution is 1.99. The summed E-state index contributed by atoms with van der Waals surface area (Å²) in [6, 6.07) is -0.127. The molecule has 0 aliphatic rings. The Labute approximate surface area is 89.8 Å². The van der Waals surface area contributed by atoms with Crippen LogP contribution in [0.3, 0.4) is 0 Å². The van der Waals surface area contributed by atoms with Gasteiger partial charge >= 0.3 is 0 Å². The van der Waals surface area contributed by atoms with Crippen LogP contribution in [-0.2, 0) is 4.79 Å². The van der Waals surface area contributed by atoms with E-state index < -0.39 is 0 Å². The van der Waals surface area contributed by atoms with E-state index in [9.17, 15) is 4.79 Å². The van der Waals surface area contributed by atoms with Gasteiger partial charge in [0.2, 0.25) is 5.91 Å². The first-order valence-corrected chi connectivity index (χ1v) is 6.01. The van der Waals surface area contributed by atoms with Crippen LogP contribution in [0, 0.1) is 0 Å². The van der Waals surface area contributed by atoms with Crippen molar-refractivity contribution < 1.29 is 9.90 Å². The van der Waals surface area contributed by atoms with E-state index in [4.69, 9.17) is 5.11 Å². The predicted molar refractivity (Wildman–Crippen MR) is 60.6 cm³/mol. The Kier molecular flexibility index (Phi) is 9.13. The maximum atomic E-state index is 11.2. The van der Waals surface area contributed by atoms with E-state index in [0.29, 0.717) is 6.54 Å². The molecule has 0 aromatic heterocycles. The number of nitrogens with one attached hydrogen (secondary N) is 2. The molecule has 0 aromatic rings. The van der Waals surface area contributed by atoms with Crippen LogP contribution >= 0.6 is 11.8 Å². The van der Waals surface area contributed by atoms with E-state index in [2.05, 4.69) is 10.6 Å². The zero-order chi connectivity index (χ0) is 10.8. The van der Waals surface area contributed by atoms with Gasteiger partial charge in [-0.15, -0.1) is 0 Å². The van der Waals surface area contributed by atoms with Crippen LogP contribution in [0.15, 0.2) is 0 Å². The molecule has 0 bridgehead atoms. The number of hydrogen-bond acceptors (Lipinski definition) is 4. The maximum Gasteiger partial charge on any atom is 0.236 e. The monoisotopic (exact) mass is 220 g/mol. The number of carbonyl (C=O) groups excluding carboxylic acids is 1. The molecule has 1 amide bonds. The van der Waals surface area contributed by atoms with E-state index in [-0.39, 0.29) is 18.6 Å². The van der Waals surface area contributed by atoms with Crippen molar-refractivity contribution in [3.05, 3.63) is 0 Å². The molecule has 0 rings (SSSR count). The Morgan fingerprint density at radius 1 is 1.50 bits per heavy atom. The second kappa shape index (κ2) is 9.30. The lowest BCUT2D eigenvalue weighted by atomic mass is 10.3. The highest BCUT2D eigenvalue weighted by Gasteiger charge is 2.07. The lowest BCUT2D eigenvalue weighted by Gasteiger charge is -2.10. The number of amides is 1. The molecule has 4 nitrogen and oxygen atoms in total. The van der Waals surface area contributed by atoms with Crippen LogP contribution in [0.4, 0.5) is 0 Å². The number of hydrogen-bond donors (Lipinski definition) is 3. The third-order valence-corrected chi connectivity index (χ3v) is 2.89. The summed E-state index contributed by atoms with van der Waals surface area (Å²) in [4.78, 5) is 11.2. The second-order valence-corrected chi connectivity index (χ2v) is 4.22. The lowest BCUT2D eigenvalue weighted by Crippen LogP contribution is -2.41. The van der Waals surface area contributed by atoms with Gasteiger partial charge in [0.25, 0.3) is 0 Å². The Morgan fingerprint density at radius 2 is 2.21 bits per heavy atom. The van der Waals surface area contributed by atoms with Crippen molar-refractivity contribution in [2.75, 3.05) is 31.7 Å². The first kappa shape index (κ1) is 13.7. The van der Waals surface area contributed by atoms with Crippen LogP contribution in [0.25, 0.3) is 0 Å². The fourth-order valence-corrected chi connectivity index (χ4v) is 1.58. The van der Waals surface area contributed by atoms with Gasteiger partial charge in [-0.1, -0.05) is 0 Å². The van der Waals surface area contributed by atoms with Gasteiger partial charge in [-0.2, -0.15) is 11.8 Å². The molecule has 14 heavy (non-hydrogen) atoms. The number of rotatable bonds is 8. The summed E-state index contributed by atoms with van der Waals surface area (Å²) >= 11 is 1.74. The van der Waals surface area contributed by atoms with Crippen molar-refractivity contribution in [1.29, 1.82) is 0 Å². The minimum atomic E-state index is -0.127. The zero-order valence-electron chi connectivity index (χ0n) is 8.88. The molecule has 0 saturated heterocycles. The summed E-state index contributed by atoms with van der Waals surface area (Å²) < 4.78 is 0. The molecule has 0 aliphatic heterocycles. The van der Waals surface area contributed by atoms with Crippen molar-refractivity contribution >= 4 is 17.7 Å².